The molecule has 14 heavy (non-hydrogen) atoms. The fourth-order valence-electron chi connectivity index (χ4n) is 0.637. The fourth-order valence-corrected chi connectivity index (χ4v) is 0.637. The smallest absolute Gasteiger partial charge is 0.0428 e. The topological polar surface area (TPSA) is 20.2 Å². The maximum atomic E-state index is 7.88. The molecular formula is C13H24O. The predicted octanol–water partition coefficient (Wildman–Crippen LogP) is 3.72. The number of aliphatic hydroxyl groups excluding tert-OH is 1. The highest BCUT2D eigenvalue weighted by Crippen LogP contribution is 1.99. The summed E-state index contributed by atoms with van der Waals surface area (Å²) in [5, 5.41) is 7.88. The summed E-state index contributed by atoms with van der Waals surface area (Å²) in [6, 6.07) is 8.48. The van der Waals surface area contributed by atoms with Gasteiger partial charge in [0.2, 0.25) is 0 Å². The largest absolute Gasteiger partial charge is 0.396 e. The van der Waals surface area contributed by atoms with Crippen LogP contribution in [0.2, 0.25) is 0 Å². The minimum Gasteiger partial charge on any atom is -0.396 e. The van der Waals surface area contributed by atoms with Gasteiger partial charge in [0.15, 0.2) is 0 Å². The number of aliphatic hydroxyl groups is 1. The minimum absolute atomic E-state index is 0.319. The molecule has 0 aliphatic heterocycles. The third-order valence-electron chi connectivity index (χ3n) is 1.44. The van der Waals surface area contributed by atoms with Gasteiger partial charge >= 0.3 is 0 Å². The molecule has 0 unspecified atom stereocenters. The van der Waals surface area contributed by atoms with Crippen LogP contribution >= 0.6 is 0 Å². The van der Waals surface area contributed by atoms with Gasteiger partial charge in [0.25, 0.3) is 0 Å². The summed E-state index contributed by atoms with van der Waals surface area (Å²) in [4.78, 5) is 0. The summed E-state index contributed by atoms with van der Waals surface area (Å²) in [5.74, 6) is 0. The van der Waals surface area contributed by atoms with E-state index in [0.717, 1.165) is 6.42 Å². The van der Waals surface area contributed by atoms with Crippen molar-refractivity contribution >= 4 is 0 Å². The molecule has 0 heterocycles. The molecule has 0 bridgehead atoms. The maximum absolute atomic E-state index is 7.88. The molecular weight excluding hydrogens is 172 g/mol. The van der Waals surface area contributed by atoms with E-state index in [1.807, 2.05) is 20.8 Å². The molecule has 1 aromatic carbocycles. The molecule has 0 amide bonds. The molecule has 0 aromatic heterocycles. The first kappa shape index (κ1) is 15.6. The Kier molecular flexibility index (Phi) is 13.6. The van der Waals surface area contributed by atoms with Crippen molar-refractivity contribution in [3.05, 3.63) is 35.4 Å². The molecule has 0 aliphatic rings. The maximum Gasteiger partial charge on any atom is 0.0428 e. The van der Waals surface area contributed by atoms with E-state index >= 15 is 0 Å². The van der Waals surface area contributed by atoms with Gasteiger partial charge in [-0.15, -0.1) is 0 Å². The van der Waals surface area contributed by atoms with Gasteiger partial charge in [0, 0.05) is 6.61 Å². The lowest BCUT2D eigenvalue weighted by molar-refractivity contribution is 0.295. The molecule has 0 fully saturated rings. The van der Waals surface area contributed by atoms with E-state index in [0.29, 0.717) is 6.61 Å². The van der Waals surface area contributed by atoms with Crippen LogP contribution in [0.15, 0.2) is 24.3 Å². The number of aryl methyl sites for hydroxylation is 2. The summed E-state index contributed by atoms with van der Waals surface area (Å²) in [6.07, 6.45) is 0.875. The van der Waals surface area contributed by atoms with E-state index in [1.165, 1.54) is 11.1 Å². The summed E-state index contributed by atoms with van der Waals surface area (Å²) in [6.45, 7) is 10.4. The van der Waals surface area contributed by atoms with Gasteiger partial charge in [-0.25, -0.2) is 0 Å². The normalized spacial score (nSPS) is 7.86. The highest BCUT2D eigenvalue weighted by atomic mass is 16.2. The highest BCUT2D eigenvalue weighted by Gasteiger charge is 1.79. The third kappa shape index (κ3) is 11.2. The molecule has 1 rings (SSSR count). The van der Waals surface area contributed by atoms with Crippen LogP contribution in [-0.4, -0.2) is 11.7 Å². The summed E-state index contributed by atoms with van der Waals surface area (Å²) in [5.41, 5.74) is 2.66. The second-order valence-corrected chi connectivity index (χ2v) is 2.88. The van der Waals surface area contributed by atoms with Gasteiger partial charge in [-0.1, -0.05) is 56.2 Å². The van der Waals surface area contributed by atoms with Crippen molar-refractivity contribution in [2.24, 2.45) is 0 Å². The lowest BCUT2D eigenvalue weighted by Crippen LogP contribution is -1.70. The van der Waals surface area contributed by atoms with Crippen LogP contribution in [0.4, 0.5) is 0 Å². The van der Waals surface area contributed by atoms with Crippen LogP contribution in [-0.2, 0) is 0 Å². The molecule has 0 aliphatic carbocycles. The average Bonchev–Trinajstić information content (AvgIpc) is 2.26. The Morgan fingerprint density at radius 3 is 1.29 bits per heavy atom. The Bertz CT molecular complexity index is 166. The van der Waals surface area contributed by atoms with Crippen LogP contribution in [0, 0.1) is 13.8 Å². The van der Waals surface area contributed by atoms with E-state index in [9.17, 15) is 0 Å². The molecule has 0 saturated heterocycles. The van der Waals surface area contributed by atoms with E-state index in [4.69, 9.17) is 5.11 Å². The second-order valence-electron chi connectivity index (χ2n) is 2.88. The minimum atomic E-state index is 0.319. The quantitative estimate of drug-likeness (QED) is 0.726. The average molecular weight is 196 g/mol. The van der Waals surface area contributed by atoms with Crippen molar-refractivity contribution in [2.45, 2.75) is 41.0 Å². The Hall–Kier alpha value is -0.820. The SMILES string of the molecule is CC.CCCO.Cc1ccc(C)cc1. The van der Waals surface area contributed by atoms with Crippen LogP contribution in [0.1, 0.15) is 38.3 Å². The fraction of sp³-hybridized carbons (Fsp3) is 0.538. The Balaban J connectivity index is 0. The van der Waals surface area contributed by atoms with Gasteiger partial charge in [-0.2, -0.15) is 0 Å². The predicted molar refractivity (Wildman–Crippen MR) is 64.6 cm³/mol. The Morgan fingerprint density at radius 1 is 0.929 bits per heavy atom. The Labute approximate surface area is 88.8 Å². The van der Waals surface area contributed by atoms with Crippen LogP contribution < -0.4 is 0 Å². The van der Waals surface area contributed by atoms with E-state index in [-0.39, 0.29) is 0 Å². The van der Waals surface area contributed by atoms with Gasteiger partial charge in [0.1, 0.15) is 0 Å². The molecule has 0 saturated carbocycles. The lowest BCUT2D eigenvalue weighted by Gasteiger charge is -1.90. The summed E-state index contributed by atoms with van der Waals surface area (Å²) >= 11 is 0. The molecule has 1 aromatic rings. The van der Waals surface area contributed by atoms with Gasteiger partial charge < -0.3 is 5.11 Å². The van der Waals surface area contributed by atoms with Gasteiger partial charge in [-0.3, -0.25) is 0 Å². The molecule has 82 valence electrons. The molecule has 0 spiro atoms. The molecule has 0 radical (unpaired) electrons. The monoisotopic (exact) mass is 196 g/mol. The van der Waals surface area contributed by atoms with Crippen molar-refractivity contribution in [3.8, 4) is 0 Å². The lowest BCUT2D eigenvalue weighted by atomic mass is 10.2. The molecule has 0 atom stereocenters. The first-order chi connectivity index (χ1) is 6.70. The third-order valence-corrected chi connectivity index (χ3v) is 1.44. The number of hydrogen-bond acceptors (Lipinski definition) is 1. The molecule has 1 N–H and O–H groups in total. The van der Waals surface area contributed by atoms with Crippen LogP contribution in [0.5, 0.6) is 0 Å². The van der Waals surface area contributed by atoms with Gasteiger partial charge in [0.05, 0.1) is 0 Å². The number of benzene rings is 1. The zero-order valence-electron chi connectivity index (χ0n) is 10.2. The van der Waals surface area contributed by atoms with Crippen LogP contribution in [0.25, 0.3) is 0 Å². The number of rotatable bonds is 1. The van der Waals surface area contributed by atoms with Crippen molar-refractivity contribution in [2.75, 3.05) is 6.61 Å². The van der Waals surface area contributed by atoms with Crippen molar-refractivity contribution in [1.29, 1.82) is 0 Å². The molecule has 1 heteroatoms. The van der Waals surface area contributed by atoms with Gasteiger partial charge in [-0.05, 0) is 20.3 Å². The summed E-state index contributed by atoms with van der Waals surface area (Å²) < 4.78 is 0. The van der Waals surface area contributed by atoms with E-state index in [1.54, 1.807) is 0 Å². The van der Waals surface area contributed by atoms with Crippen molar-refractivity contribution in [3.63, 3.8) is 0 Å². The molecule has 1 nitrogen and oxygen atoms in total. The first-order valence-corrected chi connectivity index (χ1v) is 5.34. The van der Waals surface area contributed by atoms with E-state index < -0.39 is 0 Å². The van der Waals surface area contributed by atoms with Crippen molar-refractivity contribution < 1.29 is 5.11 Å². The first-order valence-electron chi connectivity index (χ1n) is 5.34. The summed E-state index contributed by atoms with van der Waals surface area (Å²) in [7, 11) is 0. The zero-order chi connectivity index (χ0) is 11.4. The Morgan fingerprint density at radius 2 is 1.14 bits per heavy atom. The van der Waals surface area contributed by atoms with Crippen molar-refractivity contribution in [1.82, 2.24) is 0 Å². The second kappa shape index (κ2) is 12.2. The standard InChI is InChI=1S/C8H10.C3H8O.C2H6/c1-7-3-5-8(2)6-4-7;1-2-3-4;1-2/h3-6H,1-2H3;4H,2-3H2,1H3;1-2H3. The van der Waals surface area contributed by atoms with Crippen LogP contribution in [0.3, 0.4) is 0 Å². The zero-order valence-corrected chi connectivity index (χ0v) is 10.2. The number of hydrogen-bond donors (Lipinski definition) is 1. The van der Waals surface area contributed by atoms with E-state index in [2.05, 4.69) is 38.1 Å². The highest BCUT2D eigenvalue weighted by molar-refractivity contribution is 5.19.